The van der Waals surface area contributed by atoms with Crippen molar-refractivity contribution in [1.82, 2.24) is 0 Å². The molecule has 0 aliphatic rings. The lowest BCUT2D eigenvalue weighted by molar-refractivity contribution is 0.282. The van der Waals surface area contributed by atoms with Crippen LogP contribution in [0.1, 0.15) is 57.8 Å². The average molecular weight is 341 g/mol. The molecule has 2 aromatic carbocycles. The van der Waals surface area contributed by atoms with Crippen molar-refractivity contribution < 1.29 is 9.84 Å². The van der Waals surface area contributed by atoms with Gasteiger partial charge in [0.2, 0.25) is 0 Å². The van der Waals surface area contributed by atoms with Crippen LogP contribution < -0.4 is 4.74 Å². The molecule has 0 saturated carbocycles. The largest absolute Gasteiger partial charge is 0.494 e. The zero-order valence-corrected chi connectivity index (χ0v) is 15.3. The predicted octanol–water partition coefficient (Wildman–Crippen LogP) is 6.24. The highest BCUT2D eigenvalue weighted by atomic mass is 16.5. The molecule has 0 aliphatic heterocycles. The topological polar surface area (TPSA) is 29.5 Å². The summed E-state index contributed by atoms with van der Waals surface area (Å²) in [6.45, 7) is 1.15. The fraction of sp³-hybridized carbons (Fsp3) is 0.478. The van der Waals surface area contributed by atoms with Gasteiger partial charge in [0.1, 0.15) is 5.75 Å². The first kappa shape index (κ1) is 19.5. The molecule has 0 spiro atoms. The second-order valence-electron chi connectivity index (χ2n) is 6.64. The van der Waals surface area contributed by atoms with E-state index in [1.165, 1.54) is 56.1 Å². The fourth-order valence-electron chi connectivity index (χ4n) is 3.02. The summed E-state index contributed by atoms with van der Waals surface area (Å²) in [7, 11) is 0. The third-order valence-electron chi connectivity index (χ3n) is 4.53. The Morgan fingerprint density at radius 2 is 1.08 bits per heavy atom. The second kappa shape index (κ2) is 12.5. The van der Waals surface area contributed by atoms with E-state index in [2.05, 4.69) is 48.5 Å². The van der Waals surface area contributed by atoms with Crippen molar-refractivity contribution in [3.05, 3.63) is 54.6 Å². The van der Waals surface area contributed by atoms with E-state index in [4.69, 9.17) is 9.84 Å². The second-order valence-corrected chi connectivity index (χ2v) is 6.64. The molecule has 0 aliphatic carbocycles. The molecule has 0 unspecified atom stereocenters. The summed E-state index contributed by atoms with van der Waals surface area (Å²) < 4.78 is 5.85. The number of unbranched alkanes of at least 4 members (excludes halogenated alkanes) is 8. The van der Waals surface area contributed by atoms with E-state index < -0.39 is 0 Å². The molecule has 136 valence electrons. The van der Waals surface area contributed by atoms with Gasteiger partial charge in [0.05, 0.1) is 6.61 Å². The molecule has 0 heterocycles. The van der Waals surface area contributed by atoms with Crippen LogP contribution in [0.4, 0.5) is 0 Å². The molecule has 0 aromatic heterocycles. The highest BCUT2D eigenvalue weighted by Gasteiger charge is 1.98. The number of hydrogen-bond donors (Lipinski definition) is 1. The number of benzene rings is 2. The van der Waals surface area contributed by atoms with E-state index in [0.717, 1.165) is 25.2 Å². The van der Waals surface area contributed by atoms with Crippen LogP contribution in [0.2, 0.25) is 0 Å². The van der Waals surface area contributed by atoms with Crippen LogP contribution >= 0.6 is 0 Å². The Morgan fingerprint density at radius 3 is 1.68 bits per heavy atom. The summed E-state index contributed by atoms with van der Waals surface area (Å²) >= 11 is 0. The zero-order valence-electron chi connectivity index (χ0n) is 15.3. The lowest BCUT2D eigenvalue weighted by atomic mass is 10.1. The van der Waals surface area contributed by atoms with Crippen molar-refractivity contribution in [2.75, 3.05) is 13.2 Å². The van der Waals surface area contributed by atoms with Crippen molar-refractivity contribution in [3.63, 3.8) is 0 Å². The molecular formula is C23H32O2. The molecule has 0 radical (unpaired) electrons. The number of ether oxygens (including phenoxy) is 1. The summed E-state index contributed by atoms with van der Waals surface area (Å²) in [6, 6.07) is 18.8. The molecule has 0 fully saturated rings. The van der Waals surface area contributed by atoms with Crippen LogP contribution in [0.15, 0.2) is 54.6 Å². The molecule has 0 atom stereocenters. The normalized spacial score (nSPS) is 10.8. The van der Waals surface area contributed by atoms with Gasteiger partial charge >= 0.3 is 0 Å². The van der Waals surface area contributed by atoms with Gasteiger partial charge in [-0.1, -0.05) is 87.4 Å². The number of rotatable bonds is 13. The Bertz CT molecular complexity index is 548. The van der Waals surface area contributed by atoms with Crippen LogP contribution in [-0.2, 0) is 0 Å². The Balaban J connectivity index is 1.51. The van der Waals surface area contributed by atoms with E-state index in [1.807, 2.05) is 6.07 Å². The first-order valence-corrected chi connectivity index (χ1v) is 9.79. The molecule has 2 rings (SSSR count). The summed E-state index contributed by atoms with van der Waals surface area (Å²) in [5, 5.41) is 8.73. The van der Waals surface area contributed by atoms with Gasteiger partial charge in [-0.2, -0.15) is 0 Å². The monoisotopic (exact) mass is 340 g/mol. The third-order valence-corrected chi connectivity index (χ3v) is 4.53. The highest BCUT2D eigenvalue weighted by Crippen LogP contribution is 2.22. The van der Waals surface area contributed by atoms with E-state index in [9.17, 15) is 0 Å². The first-order valence-electron chi connectivity index (χ1n) is 9.79. The van der Waals surface area contributed by atoms with Gasteiger partial charge in [-0.25, -0.2) is 0 Å². The highest BCUT2D eigenvalue weighted by molar-refractivity contribution is 5.63. The van der Waals surface area contributed by atoms with E-state index in [-0.39, 0.29) is 0 Å². The van der Waals surface area contributed by atoms with Gasteiger partial charge in [-0.15, -0.1) is 0 Å². The molecular weight excluding hydrogens is 308 g/mol. The molecule has 2 heteroatoms. The molecule has 0 bridgehead atoms. The molecule has 0 saturated heterocycles. The Hall–Kier alpha value is -1.80. The van der Waals surface area contributed by atoms with Crippen molar-refractivity contribution >= 4 is 0 Å². The van der Waals surface area contributed by atoms with Gasteiger partial charge in [-0.05, 0) is 36.1 Å². The van der Waals surface area contributed by atoms with Gasteiger partial charge in [0.25, 0.3) is 0 Å². The zero-order chi connectivity index (χ0) is 17.6. The number of hydrogen-bond acceptors (Lipinski definition) is 2. The van der Waals surface area contributed by atoms with Crippen LogP contribution in [0.3, 0.4) is 0 Å². The van der Waals surface area contributed by atoms with Crippen LogP contribution in [-0.4, -0.2) is 18.3 Å². The minimum atomic E-state index is 0.342. The summed E-state index contributed by atoms with van der Waals surface area (Å²) in [6.07, 6.45) is 11.0. The van der Waals surface area contributed by atoms with Crippen molar-refractivity contribution in [2.45, 2.75) is 57.8 Å². The van der Waals surface area contributed by atoms with Crippen LogP contribution in [0.25, 0.3) is 11.1 Å². The number of aliphatic hydroxyl groups excluding tert-OH is 1. The van der Waals surface area contributed by atoms with Crippen molar-refractivity contribution in [2.24, 2.45) is 0 Å². The minimum absolute atomic E-state index is 0.342. The Kier molecular flexibility index (Phi) is 9.80. The van der Waals surface area contributed by atoms with Crippen LogP contribution in [0.5, 0.6) is 5.75 Å². The third kappa shape index (κ3) is 8.22. The van der Waals surface area contributed by atoms with Gasteiger partial charge in [0, 0.05) is 6.61 Å². The lowest BCUT2D eigenvalue weighted by Gasteiger charge is -2.07. The summed E-state index contributed by atoms with van der Waals surface area (Å²) in [5.74, 6) is 0.962. The minimum Gasteiger partial charge on any atom is -0.494 e. The summed E-state index contributed by atoms with van der Waals surface area (Å²) in [5.41, 5.74) is 2.47. The molecule has 1 N–H and O–H groups in total. The smallest absolute Gasteiger partial charge is 0.119 e. The quantitative estimate of drug-likeness (QED) is 0.438. The summed E-state index contributed by atoms with van der Waals surface area (Å²) in [4.78, 5) is 0. The average Bonchev–Trinajstić information content (AvgIpc) is 2.67. The maximum atomic E-state index is 8.73. The first-order chi connectivity index (χ1) is 12.4. The van der Waals surface area contributed by atoms with Gasteiger partial charge < -0.3 is 9.84 Å². The van der Waals surface area contributed by atoms with E-state index in [1.54, 1.807) is 0 Å². The fourth-order valence-corrected chi connectivity index (χ4v) is 3.02. The standard InChI is InChI=1S/C23H32O2/c24-19-11-6-4-2-1-3-5-7-12-20-25-23-17-15-22(16-18-23)21-13-9-8-10-14-21/h8-10,13-18,24H,1-7,11-12,19-20H2. The van der Waals surface area contributed by atoms with Gasteiger partial charge in [-0.3, -0.25) is 0 Å². The van der Waals surface area contributed by atoms with E-state index >= 15 is 0 Å². The van der Waals surface area contributed by atoms with Crippen LogP contribution in [0, 0.1) is 0 Å². The molecule has 0 amide bonds. The van der Waals surface area contributed by atoms with Gasteiger partial charge in [0.15, 0.2) is 0 Å². The van der Waals surface area contributed by atoms with E-state index in [0.29, 0.717) is 6.61 Å². The molecule has 2 nitrogen and oxygen atoms in total. The number of aliphatic hydroxyl groups is 1. The Morgan fingerprint density at radius 1 is 0.560 bits per heavy atom. The van der Waals surface area contributed by atoms with Crippen molar-refractivity contribution in [1.29, 1.82) is 0 Å². The maximum absolute atomic E-state index is 8.73. The van der Waals surface area contributed by atoms with Crippen molar-refractivity contribution in [3.8, 4) is 16.9 Å². The predicted molar refractivity (Wildman–Crippen MR) is 106 cm³/mol. The maximum Gasteiger partial charge on any atom is 0.119 e. The molecule has 2 aromatic rings. The lowest BCUT2D eigenvalue weighted by Crippen LogP contribution is -1.97. The molecule has 25 heavy (non-hydrogen) atoms. The Labute approximate surface area is 152 Å². The SMILES string of the molecule is OCCCCCCCCCCCOc1ccc(-c2ccccc2)cc1.